The molecule has 19 heavy (non-hydrogen) atoms. The zero-order valence-electron chi connectivity index (χ0n) is 10.6. The quantitative estimate of drug-likeness (QED) is 0.696. The zero-order valence-corrected chi connectivity index (χ0v) is 10.6. The minimum atomic E-state index is -0.729. The summed E-state index contributed by atoms with van der Waals surface area (Å²) in [6, 6.07) is 6.94. The standard InChI is InChI=1S/C13H16N4O2/c1-17-7-6-15-12(13(17)19)16-8-11(18)9-2-4-10(14)5-3-9/h2-7,11,18H,8,14H2,1H3,(H,15,16). The summed E-state index contributed by atoms with van der Waals surface area (Å²) < 4.78 is 1.42. The van der Waals surface area contributed by atoms with Crippen LogP contribution in [0.25, 0.3) is 0 Å². The third kappa shape index (κ3) is 3.11. The molecule has 0 aliphatic rings. The minimum absolute atomic E-state index is 0.205. The second-order valence-corrected chi connectivity index (χ2v) is 4.26. The predicted molar refractivity (Wildman–Crippen MR) is 73.8 cm³/mol. The molecule has 1 aromatic carbocycles. The van der Waals surface area contributed by atoms with Crippen LogP contribution in [0.15, 0.2) is 41.5 Å². The first-order valence-corrected chi connectivity index (χ1v) is 5.87. The predicted octanol–water partition coefficient (Wildman–Crippen LogP) is 0.508. The van der Waals surface area contributed by atoms with Crippen molar-refractivity contribution in [1.29, 1.82) is 0 Å². The highest BCUT2D eigenvalue weighted by Crippen LogP contribution is 2.14. The van der Waals surface area contributed by atoms with Gasteiger partial charge in [-0.15, -0.1) is 0 Å². The average Bonchev–Trinajstić information content (AvgIpc) is 2.41. The maximum atomic E-state index is 11.7. The van der Waals surface area contributed by atoms with Crippen LogP contribution in [0.5, 0.6) is 0 Å². The van der Waals surface area contributed by atoms with Gasteiger partial charge in [-0.25, -0.2) is 4.98 Å². The Morgan fingerprint density at radius 1 is 1.42 bits per heavy atom. The van der Waals surface area contributed by atoms with Crippen molar-refractivity contribution in [3.05, 3.63) is 52.6 Å². The lowest BCUT2D eigenvalue weighted by Gasteiger charge is -2.12. The maximum absolute atomic E-state index is 11.7. The number of nitrogens with two attached hydrogens (primary N) is 1. The number of aliphatic hydroxyl groups excluding tert-OH is 1. The molecule has 0 aliphatic carbocycles. The number of anilines is 2. The topological polar surface area (TPSA) is 93.2 Å². The van der Waals surface area contributed by atoms with Gasteiger partial charge < -0.3 is 20.7 Å². The van der Waals surface area contributed by atoms with Gasteiger partial charge in [0, 0.05) is 31.7 Å². The van der Waals surface area contributed by atoms with Crippen molar-refractivity contribution in [2.45, 2.75) is 6.10 Å². The van der Waals surface area contributed by atoms with E-state index in [1.165, 1.54) is 10.8 Å². The molecule has 0 saturated carbocycles. The third-order valence-electron chi connectivity index (χ3n) is 2.80. The first-order chi connectivity index (χ1) is 9.08. The molecule has 0 saturated heterocycles. The van der Waals surface area contributed by atoms with Gasteiger partial charge in [0.2, 0.25) is 0 Å². The largest absolute Gasteiger partial charge is 0.399 e. The smallest absolute Gasteiger partial charge is 0.293 e. The Bertz CT molecular complexity index is 607. The van der Waals surface area contributed by atoms with E-state index in [1.807, 2.05) is 0 Å². The van der Waals surface area contributed by atoms with E-state index in [2.05, 4.69) is 10.3 Å². The molecule has 6 nitrogen and oxygen atoms in total. The van der Waals surface area contributed by atoms with E-state index in [4.69, 9.17) is 5.73 Å². The van der Waals surface area contributed by atoms with Crippen LogP contribution in [0.3, 0.4) is 0 Å². The molecule has 0 bridgehead atoms. The molecule has 2 aromatic rings. The molecule has 0 amide bonds. The summed E-state index contributed by atoms with van der Waals surface area (Å²) in [5.41, 5.74) is 6.72. The number of rotatable bonds is 4. The summed E-state index contributed by atoms with van der Waals surface area (Å²) >= 11 is 0. The Kier molecular flexibility index (Phi) is 3.82. The van der Waals surface area contributed by atoms with Crippen LogP contribution in [0.4, 0.5) is 11.5 Å². The van der Waals surface area contributed by atoms with E-state index in [-0.39, 0.29) is 17.9 Å². The van der Waals surface area contributed by atoms with Crippen LogP contribution >= 0.6 is 0 Å². The Labute approximate surface area is 110 Å². The lowest BCUT2D eigenvalue weighted by molar-refractivity contribution is 0.191. The lowest BCUT2D eigenvalue weighted by Crippen LogP contribution is -2.24. The van der Waals surface area contributed by atoms with E-state index < -0.39 is 6.10 Å². The molecule has 6 heteroatoms. The summed E-state index contributed by atoms with van der Waals surface area (Å²) in [7, 11) is 1.64. The molecular weight excluding hydrogens is 244 g/mol. The maximum Gasteiger partial charge on any atom is 0.293 e. The van der Waals surface area contributed by atoms with E-state index in [9.17, 15) is 9.90 Å². The number of benzene rings is 1. The summed E-state index contributed by atoms with van der Waals surface area (Å²) in [5.74, 6) is 0.222. The first kappa shape index (κ1) is 13.1. The fourth-order valence-corrected chi connectivity index (χ4v) is 1.65. The summed E-state index contributed by atoms with van der Waals surface area (Å²) in [6.07, 6.45) is 2.37. The second kappa shape index (κ2) is 5.53. The summed E-state index contributed by atoms with van der Waals surface area (Å²) in [4.78, 5) is 15.6. The van der Waals surface area contributed by atoms with Crippen LogP contribution in [0.1, 0.15) is 11.7 Å². The molecule has 0 aliphatic heterocycles. The van der Waals surface area contributed by atoms with Gasteiger partial charge >= 0.3 is 0 Å². The second-order valence-electron chi connectivity index (χ2n) is 4.26. The van der Waals surface area contributed by atoms with E-state index >= 15 is 0 Å². The van der Waals surface area contributed by atoms with Crippen molar-refractivity contribution in [3.8, 4) is 0 Å². The molecule has 4 N–H and O–H groups in total. The number of aryl methyl sites for hydroxylation is 1. The fourth-order valence-electron chi connectivity index (χ4n) is 1.65. The SMILES string of the molecule is Cn1ccnc(NCC(O)c2ccc(N)cc2)c1=O. The first-order valence-electron chi connectivity index (χ1n) is 5.87. The highest BCUT2D eigenvalue weighted by molar-refractivity contribution is 5.40. The van der Waals surface area contributed by atoms with Crippen molar-refractivity contribution in [3.63, 3.8) is 0 Å². The molecule has 1 atom stereocenters. The monoisotopic (exact) mass is 260 g/mol. The average molecular weight is 260 g/mol. The molecule has 0 spiro atoms. The van der Waals surface area contributed by atoms with Crippen molar-refractivity contribution >= 4 is 11.5 Å². The summed E-state index contributed by atoms with van der Waals surface area (Å²) in [6.45, 7) is 0.205. The fraction of sp³-hybridized carbons (Fsp3) is 0.231. The number of aromatic nitrogens is 2. The van der Waals surface area contributed by atoms with Gasteiger partial charge in [-0.2, -0.15) is 0 Å². The highest BCUT2D eigenvalue weighted by Gasteiger charge is 2.09. The van der Waals surface area contributed by atoms with Crippen LogP contribution < -0.4 is 16.6 Å². The van der Waals surface area contributed by atoms with Crippen LogP contribution in [-0.4, -0.2) is 21.2 Å². The van der Waals surface area contributed by atoms with Gasteiger partial charge in [0.05, 0.1) is 6.10 Å². The molecule has 0 radical (unpaired) electrons. The molecule has 1 aromatic heterocycles. The van der Waals surface area contributed by atoms with Crippen molar-refractivity contribution < 1.29 is 5.11 Å². The zero-order chi connectivity index (χ0) is 13.8. The molecular formula is C13H16N4O2. The number of nitrogens with zero attached hydrogens (tertiary/aromatic N) is 2. The van der Waals surface area contributed by atoms with Gasteiger partial charge in [0.15, 0.2) is 5.82 Å². The third-order valence-corrected chi connectivity index (χ3v) is 2.80. The number of nitrogen functional groups attached to an aromatic ring is 1. The molecule has 100 valence electrons. The highest BCUT2D eigenvalue weighted by atomic mass is 16.3. The molecule has 1 heterocycles. The molecule has 1 unspecified atom stereocenters. The van der Waals surface area contributed by atoms with Gasteiger partial charge in [-0.1, -0.05) is 12.1 Å². The summed E-state index contributed by atoms with van der Waals surface area (Å²) in [5, 5.41) is 12.8. The van der Waals surface area contributed by atoms with Gasteiger partial charge in [-0.05, 0) is 17.7 Å². The van der Waals surface area contributed by atoms with Gasteiger partial charge in [-0.3, -0.25) is 4.79 Å². The number of hydrogen-bond acceptors (Lipinski definition) is 5. The van der Waals surface area contributed by atoms with Crippen LogP contribution in [0, 0.1) is 0 Å². The van der Waals surface area contributed by atoms with Gasteiger partial charge in [0.25, 0.3) is 5.56 Å². The Balaban J connectivity index is 2.04. The number of aliphatic hydroxyl groups is 1. The Morgan fingerprint density at radius 3 is 2.79 bits per heavy atom. The normalized spacial score (nSPS) is 12.1. The molecule has 0 fully saturated rings. The van der Waals surface area contributed by atoms with E-state index in [0.29, 0.717) is 5.69 Å². The minimum Gasteiger partial charge on any atom is -0.399 e. The lowest BCUT2D eigenvalue weighted by atomic mass is 10.1. The van der Waals surface area contributed by atoms with Crippen molar-refractivity contribution in [1.82, 2.24) is 9.55 Å². The van der Waals surface area contributed by atoms with Crippen molar-refractivity contribution in [2.75, 3.05) is 17.6 Å². The van der Waals surface area contributed by atoms with Gasteiger partial charge in [0.1, 0.15) is 0 Å². The van der Waals surface area contributed by atoms with E-state index in [1.54, 1.807) is 37.5 Å². The molecule has 2 rings (SSSR count). The Hall–Kier alpha value is -2.34. The van der Waals surface area contributed by atoms with Crippen LogP contribution in [0.2, 0.25) is 0 Å². The number of hydrogen-bond donors (Lipinski definition) is 3. The van der Waals surface area contributed by atoms with E-state index in [0.717, 1.165) is 5.56 Å². The van der Waals surface area contributed by atoms with Crippen LogP contribution in [-0.2, 0) is 7.05 Å². The number of nitrogens with one attached hydrogen (secondary N) is 1. The Morgan fingerprint density at radius 2 is 2.11 bits per heavy atom. The van der Waals surface area contributed by atoms with Crippen molar-refractivity contribution in [2.24, 2.45) is 7.05 Å².